The lowest BCUT2D eigenvalue weighted by molar-refractivity contribution is 0.0648. The van der Waals surface area contributed by atoms with Gasteiger partial charge in [0.05, 0.1) is 6.61 Å². The highest BCUT2D eigenvalue weighted by Gasteiger charge is 2.19. The molecular weight excluding hydrogens is 162 g/mol. The smallest absolute Gasteiger partial charge is 0.0643 e. The Morgan fingerprint density at radius 3 is 2.54 bits per heavy atom. The fourth-order valence-corrected chi connectivity index (χ4v) is 1.74. The van der Waals surface area contributed by atoms with E-state index in [2.05, 4.69) is 13.8 Å². The maximum absolute atomic E-state index is 5.98. The van der Waals surface area contributed by atoms with Crippen LogP contribution in [-0.2, 0) is 4.74 Å². The van der Waals surface area contributed by atoms with Crippen LogP contribution in [0.5, 0.6) is 0 Å². The largest absolute Gasteiger partial charge is 0.379 e. The van der Waals surface area contributed by atoms with Crippen molar-refractivity contribution in [3.05, 3.63) is 0 Å². The van der Waals surface area contributed by atoms with Crippen LogP contribution in [0.15, 0.2) is 0 Å². The van der Waals surface area contributed by atoms with Gasteiger partial charge in [-0.1, -0.05) is 19.8 Å². The summed E-state index contributed by atoms with van der Waals surface area (Å²) < 4.78 is 5.65. The second-order valence-corrected chi connectivity index (χ2v) is 4.67. The average Bonchev–Trinajstić information content (AvgIpc) is 2.57. The molecule has 13 heavy (non-hydrogen) atoms. The van der Waals surface area contributed by atoms with E-state index in [-0.39, 0.29) is 5.54 Å². The molecule has 1 aliphatic carbocycles. The summed E-state index contributed by atoms with van der Waals surface area (Å²) in [5, 5.41) is 0. The molecule has 1 saturated carbocycles. The fourth-order valence-electron chi connectivity index (χ4n) is 1.74. The lowest BCUT2D eigenvalue weighted by atomic mass is 10.0. The van der Waals surface area contributed by atoms with Crippen molar-refractivity contribution in [1.82, 2.24) is 0 Å². The van der Waals surface area contributed by atoms with Crippen molar-refractivity contribution in [2.45, 2.75) is 51.5 Å². The second kappa shape index (κ2) is 4.97. The molecule has 1 rings (SSSR count). The van der Waals surface area contributed by atoms with Crippen molar-refractivity contribution in [2.75, 3.05) is 13.2 Å². The fraction of sp³-hybridized carbons (Fsp3) is 1.00. The Hall–Kier alpha value is -0.0800. The molecule has 0 aromatic rings. The van der Waals surface area contributed by atoms with Gasteiger partial charge in [-0.05, 0) is 32.1 Å². The minimum Gasteiger partial charge on any atom is -0.379 e. The number of ether oxygens (including phenoxy) is 1. The van der Waals surface area contributed by atoms with Crippen molar-refractivity contribution >= 4 is 0 Å². The summed E-state index contributed by atoms with van der Waals surface area (Å²) >= 11 is 0. The topological polar surface area (TPSA) is 35.2 Å². The van der Waals surface area contributed by atoms with Crippen LogP contribution in [0.2, 0.25) is 0 Å². The molecule has 0 saturated heterocycles. The zero-order valence-electron chi connectivity index (χ0n) is 9.01. The molecule has 78 valence electrons. The Balaban J connectivity index is 2.06. The molecule has 1 aliphatic rings. The van der Waals surface area contributed by atoms with Gasteiger partial charge in [-0.25, -0.2) is 0 Å². The van der Waals surface area contributed by atoms with Crippen LogP contribution in [0.4, 0.5) is 0 Å². The van der Waals surface area contributed by atoms with E-state index in [1.54, 1.807) is 0 Å². The van der Waals surface area contributed by atoms with Gasteiger partial charge in [-0.2, -0.15) is 0 Å². The van der Waals surface area contributed by atoms with Gasteiger partial charge in [0.1, 0.15) is 0 Å². The van der Waals surface area contributed by atoms with E-state index < -0.39 is 0 Å². The van der Waals surface area contributed by atoms with Crippen molar-refractivity contribution in [2.24, 2.45) is 11.7 Å². The predicted molar refractivity (Wildman–Crippen MR) is 55.7 cm³/mol. The lowest BCUT2D eigenvalue weighted by Crippen LogP contribution is -2.40. The van der Waals surface area contributed by atoms with E-state index in [1.807, 2.05) is 0 Å². The highest BCUT2D eigenvalue weighted by Crippen LogP contribution is 2.24. The van der Waals surface area contributed by atoms with Crippen LogP contribution < -0.4 is 5.73 Å². The molecule has 0 bridgehead atoms. The Morgan fingerprint density at radius 2 is 2.00 bits per heavy atom. The van der Waals surface area contributed by atoms with Crippen LogP contribution in [0.3, 0.4) is 0 Å². The molecule has 0 radical (unpaired) electrons. The van der Waals surface area contributed by atoms with Gasteiger partial charge in [0.15, 0.2) is 0 Å². The third-order valence-corrected chi connectivity index (χ3v) is 3.07. The number of hydrogen-bond acceptors (Lipinski definition) is 2. The molecule has 0 aliphatic heterocycles. The SMILES string of the molecule is CCC(C)(N)COCC1CCCC1. The van der Waals surface area contributed by atoms with Crippen molar-refractivity contribution in [3.63, 3.8) is 0 Å². The van der Waals surface area contributed by atoms with E-state index in [9.17, 15) is 0 Å². The van der Waals surface area contributed by atoms with E-state index in [0.29, 0.717) is 6.61 Å². The number of hydrogen-bond donors (Lipinski definition) is 1. The Kier molecular flexibility index (Phi) is 4.20. The van der Waals surface area contributed by atoms with Crippen LogP contribution in [0, 0.1) is 5.92 Å². The first-order valence-corrected chi connectivity index (χ1v) is 5.50. The van der Waals surface area contributed by atoms with Crippen LogP contribution in [-0.4, -0.2) is 18.8 Å². The van der Waals surface area contributed by atoms with E-state index in [4.69, 9.17) is 10.5 Å². The first-order valence-electron chi connectivity index (χ1n) is 5.50. The summed E-state index contributed by atoms with van der Waals surface area (Å²) in [4.78, 5) is 0. The molecule has 1 fully saturated rings. The minimum atomic E-state index is -0.126. The zero-order valence-corrected chi connectivity index (χ0v) is 9.01. The normalized spacial score (nSPS) is 23.3. The van der Waals surface area contributed by atoms with Gasteiger partial charge in [0.25, 0.3) is 0 Å². The standard InChI is InChI=1S/C11H23NO/c1-3-11(2,12)9-13-8-10-6-4-5-7-10/h10H,3-9,12H2,1-2H3. The van der Waals surface area contributed by atoms with E-state index in [1.165, 1.54) is 25.7 Å². The first-order chi connectivity index (χ1) is 6.14. The summed E-state index contributed by atoms with van der Waals surface area (Å²) in [6.07, 6.45) is 6.47. The first kappa shape index (κ1) is 11.0. The summed E-state index contributed by atoms with van der Waals surface area (Å²) in [7, 11) is 0. The second-order valence-electron chi connectivity index (χ2n) is 4.67. The molecule has 2 N–H and O–H groups in total. The third-order valence-electron chi connectivity index (χ3n) is 3.07. The molecule has 0 spiro atoms. The molecule has 0 aromatic heterocycles. The molecule has 1 atom stereocenters. The molecular formula is C11H23NO. The summed E-state index contributed by atoms with van der Waals surface area (Å²) in [5.74, 6) is 0.813. The quantitative estimate of drug-likeness (QED) is 0.713. The Bertz CT molecular complexity index is 139. The molecule has 0 heterocycles. The molecule has 0 amide bonds. The Labute approximate surface area is 81.8 Å². The van der Waals surface area contributed by atoms with Gasteiger partial charge in [-0.15, -0.1) is 0 Å². The van der Waals surface area contributed by atoms with Crippen molar-refractivity contribution < 1.29 is 4.74 Å². The number of rotatable bonds is 5. The average molecular weight is 185 g/mol. The summed E-state index contributed by atoms with van der Waals surface area (Å²) in [5.41, 5.74) is 5.85. The maximum Gasteiger partial charge on any atom is 0.0643 e. The highest BCUT2D eigenvalue weighted by atomic mass is 16.5. The molecule has 2 heteroatoms. The van der Waals surface area contributed by atoms with Gasteiger partial charge in [0, 0.05) is 12.1 Å². The van der Waals surface area contributed by atoms with Crippen LogP contribution in [0.1, 0.15) is 46.0 Å². The molecule has 2 nitrogen and oxygen atoms in total. The van der Waals surface area contributed by atoms with Crippen molar-refractivity contribution in [3.8, 4) is 0 Å². The van der Waals surface area contributed by atoms with Gasteiger partial charge in [0.2, 0.25) is 0 Å². The van der Waals surface area contributed by atoms with Gasteiger partial charge in [-0.3, -0.25) is 0 Å². The van der Waals surface area contributed by atoms with Crippen LogP contribution >= 0.6 is 0 Å². The number of nitrogens with two attached hydrogens (primary N) is 1. The zero-order chi connectivity index (χ0) is 9.73. The van der Waals surface area contributed by atoms with Crippen LogP contribution in [0.25, 0.3) is 0 Å². The predicted octanol–water partition coefficient (Wildman–Crippen LogP) is 2.32. The van der Waals surface area contributed by atoms with Crippen molar-refractivity contribution in [1.29, 1.82) is 0 Å². The highest BCUT2D eigenvalue weighted by molar-refractivity contribution is 4.76. The summed E-state index contributed by atoms with van der Waals surface area (Å²) in [6.45, 7) is 5.80. The lowest BCUT2D eigenvalue weighted by Gasteiger charge is -2.23. The maximum atomic E-state index is 5.98. The molecule has 1 unspecified atom stereocenters. The monoisotopic (exact) mass is 185 g/mol. The Morgan fingerprint density at radius 1 is 1.38 bits per heavy atom. The third kappa shape index (κ3) is 4.10. The van der Waals surface area contributed by atoms with E-state index >= 15 is 0 Å². The van der Waals surface area contributed by atoms with Gasteiger partial charge >= 0.3 is 0 Å². The minimum absolute atomic E-state index is 0.126. The van der Waals surface area contributed by atoms with E-state index in [0.717, 1.165) is 18.9 Å². The van der Waals surface area contributed by atoms with Gasteiger partial charge < -0.3 is 10.5 Å². The molecule has 0 aromatic carbocycles. The summed E-state index contributed by atoms with van der Waals surface area (Å²) in [6, 6.07) is 0.